The van der Waals surface area contributed by atoms with Gasteiger partial charge < -0.3 is 15.6 Å². The quantitative estimate of drug-likeness (QED) is 0.825. The zero-order valence-corrected chi connectivity index (χ0v) is 14.1. The summed E-state index contributed by atoms with van der Waals surface area (Å²) >= 11 is 0. The topological polar surface area (TPSA) is 55.5 Å². The van der Waals surface area contributed by atoms with Crippen molar-refractivity contribution in [3.63, 3.8) is 0 Å². The van der Waals surface area contributed by atoms with E-state index in [2.05, 4.69) is 20.8 Å². The smallest absolute Gasteiger partial charge is 0.124 e. The van der Waals surface area contributed by atoms with E-state index >= 15 is 0 Å². The number of anilines is 1. The molecule has 0 spiro atoms. The molecule has 1 atom stereocenters. The van der Waals surface area contributed by atoms with Gasteiger partial charge >= 0.3 is 0 Å². The molecule has 0 saturated heterocycles. The molecule has 1 aliphatic heterocycles. The molecule has 23 heavy (non-hydrogen) atoms. The van der Waals surface area contributed by atoms with Gasteiger partial charge in [-0.2, -0.15) is 0 Å². The Morgan fingerprint density at radius 3 is 2.57 bits per heavy atom. The van der Waals surface area contributed by atoms with Crippen molar-refractivity contribution in [2.45, 2.75) is 51.6 Å². The summed E-state index contributed by atoms with van der Waals surface area (Å²) in [6, 6.07) is 11.8. The van der Waals surface area contributed by atoms with Crippen molar-refractivity contribution in [1.82, 2.24) is 0 Å². The molecule has 1 heterocycles. The zero-order valence-electron chi connectivity index (χ0n) is 14.1. The summed E-state index contributed by atoms with van der Waals surface area (Å²) in [7, 11) is 0. The monoisotopic (exact) mass is 311 g/mol. The summed E-state index contributed by atoms with van der Waals surface area (Å²) in [5.74, 6) is 1.68. The van der Waals surface area contributed by atoms with E-state index in [1.807, 2.05) is 36.4 Å². The lowest BCUT2D eigenvalue weighted by molar-refractivity contribution is 0.0743. The molecule has 3 nitrogen and oxygen atoms in total. The van der Waals surface area contributed by atoms with Crippen LogP contribution in [0.4, 0.5) is 5.69 Å². The van der Waals surface area contributed by atoms with Crippen molar-refractivity contribution < 1.29 is 9.84 Å². The van der Waals surface area contributed by atoms with Gasteiger partial charge in [0, 0.05) is 11.3 Å². The number of aromatic hydroxyl groups is 1. The largest absolute Gasteiger partial charge is 0.508 e. The fraction of sp³-hybridized carbons (Fsp3) is 0.400. The van der Waals surface area contributed by atoms with Crippen LogP contribution in [0.2, 0.25) is 0 Å². The van der Waals surface area contributed by atoms with Gasteiger partial charge in [-0.1, -0.05) is 19.1 Å². The third-order valence-corrected chi connectivity index (χ3v) is 4.59. The van der Waals surface area contributed by atoms with Crippen molar-refractivity contribution >= 4 is 5.69 Å². The Hall–Kier alpha value is -2.16. The van der Waals surface area contributed by atoms with Gasteiger partial charge in [0.15, 0.2) is 0 Å². The van der Waals surface area contributed by atoms with Crippen molar-refractivity contribution in [1.29, 1.82) is 0 Å². The van der Waals surface area contributed by atoms with Crippen LogP contribution in [0.1, 0.15) is 49.8 Å². The maximum atomic E-state index is 10.4. The van der Waals surface area contributed by atoms with Crippen LogP contribution in [0.25, 0.3) is 0 Å². The number of hydrogen-bond donors (Lipinski definition) is 2. The highest BCUT2D eigenvalue weighted by Crippen LogP contribution is 2.43. The van der Waals surface area contributed by atoms with Gasteiger partial charge in [0.25, 0.3) is 0 Å². The maximum absolute atomic E-state index is 10.4. The van der Waals surface area contributed by atoms with Crippen molar-refractivity contribution in [3.05, 3.63) is 53.1 Å². The number of benzene rings is 2. The molecule has 2 aromatic carbocycles. The van der Waals surface area contributed by atoms with Crippen LogP contribution in [0, 0.1) is 0 Å². The second-order valence-corrected chi connectivity index (χ2v) is 7.23. The fourth-order valence-electron chi connectivity index (χ4n) is 3.45. The van der Waals surface area contributed by atoms with Crippen LogP contribution in [-0.4, -0.2) is 10.7 Å². The van der Waals surface area contributed by atoms with Gasteiger partial charge in [0.05, 0.1) is 0 Å². The molecule has 0 bridgehead atoms. The number of rotatable bonds is 3. The molecule has 0 aliphatic carbocycles. The third kappa shape index (κ3) is 3.44. The molecule has 122 valence electrons. The molecule has 3 N–H and O–H groups in total. The number of nitrogen functional groups attached to an aromatic ring is 1. The predicted octanol–water partition coefficient (Wildman–Crippen LogP) is 4.42. The number of hydrogen-bond acceptors (Lipinski definition) is 3. The summed E-state index contributed by atoms with van der Waals surface area (Å²) < 4.78 is 6.13. The average Bonchev–Trinajstić information content (AvgIpc) is 2.47. The van der Waals surface area contributed by atoms with Crippen molar-refractivity contribution in [2.24, 2.45) is 0 Å². The lowest BCUT2D eigenvalue weighted by Crippen LogP contribution is -2.34. The minimum Gasteiger partial charge on any atom is -0.508 e. The molecule has 0 fully saturated rings. The lowest BCUT2D eigenvalue weighted by atomic mass is 9.84. The Morgan fingerprint density at radius 1 is 1.17 bits per heavy atom. The molecule has 1 unspecified atom stereocenters. The molecular weight excluding hydrogens is 286 g/mol. The van der Waals surface area contributed by atoms with E-state index in [0.29, 0.717) is 11.7 Å². The van der Waals surface area contributed by atoms with Gasteiger partial charge in [-0.05, 0) is 74.4 Å². The molecule has 3 rings (SSSR count). The van der Waals surface area contributed by atoms with Gasteiger partial charge in [-0.15, -0.1) is 0 Å². The Balaban J connectivity index is 1.82. The minimum absolute atomic E-state index is 0.155. The zero-order chi connectivity index (χ0) is 16.6. The number of aryl methyl sites for hydroxylation is 2. The summed E-state index contributed by atoms with van der Waals surface area (Å²) in [6.07, 6.45) is 2.61. The Labute approximate surface area is 138 Å². The van der Waals surface area contributed by atoms with Crippen LogP contribution in [0.15, 0.2) is 36.4 Å². The van der Waals surface area contributed by atoms with E-state index in [0.717, 1.165) is 41.8 Å². The summed E-state index contributed by atoms with van der Waals surface area (Å²) in [4.78, 5) is 0. The predicted molar refractivity (Wildman–Crippen MR) is 94.1 cm³/mol. The van der Waals surface area contributed by atoms with Gasteiger partial charge in [-0.3, -0.25) is 0 Å². The van der Waals surface area contributed by atoms with E-state index < -0.39 is 0 Å². The Bertz CT molecular complexity index is 704. The van der Waals surface area contributed by atoms with Crippen LogP contribution in [0.5, 0.6) is 11.5 Å². The third-order valence-electron chi connectivity index (χ3n) is 4.59. The molecule has 0 amide bonds. The molecular formula is C20H25NO2. The molecule has 0 radical (unpaired) electrons. The minimum atomic E-state index is -0.155. The normalized spacial score (nSPS) is 19.0. The highest BCUT2D eigenvalue weighted by atomic mass is 16.5. The molecule has 3 heteroatoms. The summed E-state index contributed by atoms with van der Waals surface area (Å²) in [5, 5.41) is 10.4. The Kier molecular flexibility index (Phi) is 3.97. The van der Waals surface area contributed by atoms with Crippen LogP contribution < -0.4 is 10.5 Å². The lowest BCUT2D eigenvalue weighted by Gasteiger charge is -2.36. The van der Waals surface area contributed by atoms with Gasteiger partial charge in [0.1, 0.15) is 17.1 Å². The first-order valence-corrected chi connectivity index (χ1v) is 8.23. The summed E-state index contributed by atoms with van der Waals surface area (Å²) in [5.41, 5.74) is 9.59. The van der Waals surface area contributed by atoms with Crippen LogP contribution in [-0.2, 0) is 12.8 Å². The van der Waals surface area contributed by atoms with E-state index in [-0.39, 0.29) is 5.60 Å². The fourth-order valence-corrected chi connectivity index (χ4v) is 3.45. The summed E-state index contributed by atoms with van der Waals surface area (Å²) in [6.45, 7) is 6.43. The SMILES string of the molecule is CC1CC(C)(C)Oc2cc(CCc3ccc(N)cc3)c(O)cc21. The van der Waals surface area contributed by atoms with Crippen LogP contribution in [0.3, 0.4) is 0 Å². The van der Waals surface area contributed by atoms with Gasteiger partial charge in [-0.25, -0.2) is 0 Å². The number of fused-ring (bicyclic) bond motifs is 1. The number of phenols is 1. The van der Waals surface area contributed by atoms with E-state index in [9.17, 15) is 5.11 Å². The first-order chi connectivity index (χ1) is 10.8. The second-order valence-electron chi connectivity index (χ2n) is 7.23. The number of phenolic OH excluding ortho intramolecular Hbond substituents is 1. The van der Waals surface area contributed by atoms with E-state index in [1.165, 1.54) is 5.56 Å². The number of ether oxygens (including phenoxy) is 1. The number of nitrogens with two attached hydrogens (primary N) is 1. The molecule has 2 aromatic rings. The van der Waals surface area contributed by atoms with E-state index in [1.54, 1.807) is 0 Å². The average molecular weight is 311 g/mol. The molecule has 0 saturated carbocycles. The standard InChI is InChI=1S/C20H25NO2/c1-13-12-20(2,3)23-19-10-15(18(22)11-17(13)19)7-4-14-5-8-16(21)9-6-14/h5-6,8-11,13,22H,4,7,12,21H2,1-3H3. The second kappa shape index (κ2) is 5.80. The van der Waals surface area contributed by atoms with Crippen molar-refractivity contribution in [2.75, 3.05) is 5.73 Å². The highest BCUT2D eigenvalue weighted by molar-refractivity contribution is 5.49. The first kappa shape index (κ1) is 15.7. The molecule has 0 aromatic heterocycles. The van der Waals surface area contributed by atoms with E-state index in [4.69, 9.17) is 10.5 Å². The molecule has 1 aliphatic rings. The highest BCUT2D eigenvalue weighted by Gasteiger charge is 2.32. The van der Waals surface area contributed by atoms with Gasteiger partial charge in [0.2, 0.25) is 0 Å². The first-order valence-electron chi connectivity index (χ1n) is 8.23. The van der Waals surface area contributed by atoms with Crippen molar-refractivity contribution in [3.8, 4) is 11.5 Å². The maximum Gasteiger partial charge on any atom is 0.124 e. The Morgan fingerprint density at radius 2 is 1.87 bits per heavy atom. The van der Waals surface area contributed by atoms with Crippen LogP contribution >= 0.6 is 0 Å².